The molecule has 7 aliphatic rings. The third-order valence-electron chi connectivity index (χ3n) is 22.0. The summed E-state index contributed by atoms with van der Waals surface area (Å²) in [5.41, 5.74) is 17.6. The molecule has 4 bridgehead atoms. The Bertz CT molecular complexity index is 5910. The molecule has 16 rings (SSSR count). The first-order valence-electron chi connectivity index (χ1n) is 38.0. The van der Waals surface area contributed by atoms with Gasteiger partial charge < -0.3 is 118 Å². The van der Waals surface area contributed by atoms with Crippen molar-refractivity contribution in [3.05, 3.63) is 91.3 Å². The molecule has 54 nitrogen and oxygen atoms in total. The molecule has 676 valence electrons. The highest BCUT2D eigenvalue weighted by Gasteiger charge is 2.71. The normalized spacial score (nSPS) is 32.4. The van der Waals surface area contributed by atoms with Crippen LogP contribution < -0.4 is 45.3 Å². The lowest BCUT2D eigenvalue weighted by molar-refractivity contribution is -0.215. The number of fused-ring (bicyclic) bond motifs is 8. The number of nitrogen functional groups attached to an aromatic ring is 4. The van der Waals surface area contributed by atoms with Crippen LogP contribution in [0, 0.1) is 6.92 Å². The zero-order valence-electron chi connectivity index (χ0n) is 66.2. The van der Waals surface area contributed by atoms with E-state index in [1.807, 2.05) is 0 Å². The smallest absolute Gasteiger partial charge is 0.387 e. The average Bonchev–Trinajstić information content (AvgIpc) is 1.55. The molecule has 0 aromatic carbocycles. The van der Waals surface area contributed by atoms with Gasteiger partial charge in [-0.3, -0.25) is 79.3 Å². The molecule has 9 unspecified atom stereocenters. The van der Waals surface area contributed by atoms with Gasteiger partial charge in [0.2, 0.25) is 11.9 Å². The van der Waals surface area contributed by atoms with E-state index in [1.165, 1.54) is 78.6 Å². The molecule has 16 heterocycles. The van der Waals surface area contributed by atoms with Gasteiger partial charge in [-0.1, -0.05) is 6.92 Å². The quantitative estimate of drug-likeness (QED) is 0.0147. The molecule has 0 saturated carbocycles. The van der Waals surface area contributed by atoms with Gasteiger partial charge in [-0.25, -0.2) is 53.8 Å². The molecule has 7 aliphatic heterocycles. The van der Waals surface area contributed by atoms with Gasteiger partial charge in [0, 0.05) is 33.1 Å². The van der Waals surface area contributed by atoms with Crippen LogP contribution in [0.5, 0.6) is 0 Å². The van der Waals surface area contributed by atoms with Crippen molar-refractivity contribution in [1.82, 2.24) is 87.6 Å². The largest absolute Gasteiger partial charge is 0.472 e. The minimum atomic E-state index is -5.76. The number of phosphoric acid groups is 2. The maximum atomic E-state index is 15.3. The number of nitrogens with one attached hydrogen (secondary N) is 3. The third-order valence-corrected chi connectivity index (χ3v) is 27.0. The Morgan fingerprint density at radius 2 is 0.895 bits per heavy atom. The number of aryl methyl sites for hydroxylation is 1. The van der Waals surface area contributed by atoms with E-state index >= 15 is 4.57 Å². The molecule has 7 fully saturated rings. The molecule has 9 aromatic rings. The number of H-pyrrole nitrogens is 3. The van der Waals surface area contributed by atoms with E-state index in [0.29, 0.717) is 0 Å². The van der Waals surface area contributed by atoms with Crippen LogP contribution in [0.4, 0.5) is 23.5 Å². The van der Waals surface area contributed by atoms with Crippen LogP contribution in [0.3, 0.4) is 0 Å². The van der Waals surface area contributed by atoms with Crippen LogP contribution in [0.2, 0.25) is 0 Å². The molecule has 124 heavy (non-hydrogen) atoms. The van der Waals surface area contributed by atoms with Gasteiger partial charge in [-0.15, -0.1) is 0 Å². The highest BCUT2D eigenvalue weighted by molar-refractivity contribution is 8.07. The number of hydrogen-bond acceptors (Lipinski definition) is 44. The van der Waals surface area contributed by atoms with E-state index in [1.54, 1.807) is 13.8 Å². The highest BCUT2D eigenvalue weighted by atomic mass is 32.5. The maximum Gasteiger partial charge on any atom is 0.472 e. The van der Waals surface area contributed by atoms with Crippen molar-refractivity contribution >= 4 is 121 Å². The molecule has 0 spiro atoms. The van der Waals surface area contributed by atoms with Crippen molar-refractivity contribution in [3.8, 4) is 0 Å². The predicted molar refractivity (Wildman–Crippen MR) is 424 cm³/mol. The number of anilines is 4. The third kappa shape index (κ3) is 17.1. The Morgan fingerprint density at radius 3 is 1.40 bits per heavy atom. The zero-order chi connectivity index (χ0) is 88.0. The number of rotatable bonds is 38. The summed E-state index contributed by atoms with van der Waals surface area (Å²) in [6.45, 7) is -7.90. The van der Waals surface area contributed by atoms with Crippen LogP contribution in [0.25, 0.3) is 44.7 Å². The summed E-state index contributed by atoms with van der Waals surface area (Å²) in [5.74, 6) is -0.707. The second-order valence-electron chi connectivity index (χ2n) is 29.4. The van der Waals surface area contributed by atoms with E-state index in [-0.39, 0.29) is 120 Å². The zero-order valence-corrected chi connectivity index (χ0v) is 71.5. The number of aromatic nitrogens is 18. The number of nitrogens with zero attached hydrogens (tertiary/aromatic N) is 15. The van der Waals surface area contributed by atoms with Crippen molar-refractivity contribution in [2.45, 2.75) is 168 Å². The van der Waals surface area contributed by atoms with Gasteiger partial charge in [-0.05, 0) is 50.8 Å². The summed E-state index contributed by atoms with van der Waals surface area (Å²) < 4.78 is 166. The lowest BCUT2D eigenvalue weighted by Crippen LogP contribution is -2.50. The average molecular weight is 1860 g/mol. The molecule has 9 aromatic heterocycles. The predicted octanol–water partition coefficient (Wildman–Crippen LogP) is -1.97. The number of methoxy groups -OCH3 is 3. The van der Waals surface area contributed by atoms with Crippen molar-refractivity contribution in [2.75, 3.05) is 110 Å². The number of ether oxygens (including phenoxy) is 13. The second-order valence-corrected chi connectivity index (χ2v) is 37.8. The van der Waals surface area contributed by atoms with Crippen LogP contribution in [-0.2, 0) is 131 Å². The number of imidazole rings is 4. The summed E-state index contributed by atoms with van der Waals surface area (Å²) in [7, 11) is -7.02. The molecule has 16 N–H and O–H groups in total. The first-order chi connectivity index (χ1) is 59.1. The summed E-state index contributed by atoms with van der Waals surface area (Å²) in [6.07, 6.45) is -20.5. The molecule has 7 saturated heterocycles. The molecule has 0 radical (unpaired) electrons. The minimum Gasteiger partial charge on any atom is -0.387 e. The summed E-state index contributed by atoms with van der Waals surface area (Å²) in [5, 5.41) is 11.8. The van der Waals surface area contributed by atoms with Gasteiger partial charge in [0.25, 0.3) is 16.7 Å². The molecular weight excluding hydrogens is 1780 g/mol. The second kappa shape index (κ2) is 35.5. The van der Waals surface area contributed by atoms with Crippen molar-refractivity contribution in [3.63, 3.8) is 0 Å². The topological polar surface area (TPSA) is 702 Å². The number of aromatic amines is 3. The molecule has 26 atom stereocenters. The van der Waals surface area contributed by atoms with Crippen molar-refractivity contribution in [1.29, 1.82) is 0 Å². The Kier molecular flexibility index (Phi) is 25.7. The van der Waals surface area contributed by atoms with Gasteiger partial charge in [0.15, 0.2) is 76.4 Å². The summed E-state index contributed by atoms with van der Waals surface area (Å²) in [4.78, 5) is 151. The van der Waals surface area contributed by atoms with Gasteiger partial charge in [-0.2, -0.15) is 9.97 Å². The standard InChI is InChI=1S/C64H86N22O32P4S2/c1-8-63-27(3)108-42(58(113-63)84-23-74-33-47(66)70-21-72-49(33)84)44(63)117-120(94,95)107-19-64-28(4)109-43(59(114-64)86-25-76-35-51(86)78-61(68)80-54(35)90)45(64)118-119(92,93)104-17-30-37(41(103-14-11-100-7)57(111-30)85-24-75-34-50(85)77-60(67)79-53(34)89)115-122(97,124)106-18-31-38(40(102-13-10-99-6)56(112-31)83-22-73-32-46(65)69-20-71-48(32)83)116-121(96,123)105-16-29-36(87)39(101-12-9-98-5)55(110-29)82-15-26(2)52(88)81-62(82)91/h15,20-25,27-31,36-45,55-59,87H,8-14,16-19H2,1-7H3,(H,92,93)(H,94,95)(H,96,123)(H,97,124)(H2,65,69,71)(H2,66,70,72)(H,81,88,91)(H3,67,77,79,89)(H3,68,78,80,90)/t27-,28-,29+,30+,31+,36?,37?,38?,39-,40-,41-,42-,43-,44?,45?,55+,56+,57+,58+,59+,63-,64-,121?,122?/m0/s1. The maximum absolute atomic E-state index is 15.3. The fourth-order valence-corrected chi connectivity index (χ4v) is 21.0. The van der Waals surface area contributed by atoms with Gasteiger partial charge in [0.05, 0.1) is 104 Å². The Balaban J connectivity index is 0.691. The molecule has 60 heteroatoms. The summed E-state index contributed by atoms with van der Waals surface area (Å²) >= 11 is 11.5. The Hall–Kier alpha value is -7.60. The van der Waals surface area contributed by atoms with E-state index in [9.17, 15) is 48.4 Å². The van der Waals surface area contributed by atoms with Gasteiger partial charge in [0.1, 0.15) is 114 Å². The number of hydrogen-bond donors (Lipinski definition) is 12. The van der Waals surface area contributed by atoms with Crippen LogP contribution in [-0.4, -0.2) is 302 Å². The number of aliphatic hydroxyl groups excluding tert-OH is 1. The van der Waals surface area contributed by atoms with Crippen LogP contribution in [0.1, 0.15) is 63.9 Å². The van der Waals surface area contributed by atoms with Gasteiger partial charge >= 0.3 is 34.8 Å². The Labute approximate surface area is 706 Å². The minimum absolute atomic E-state index is 0.0412. The highest BCUT2D eigenvalue weighted by Crippen LogP contribution is 2.63. The Morgan fingerprint density at radius 1 is 0.484 bits per heavy atom. The molecule has 0 amide bonds. The molecule has 0 aliphatic carbocycles. The SMILES string of the molecule is CC[C@]12O[C@@H](n3cnc4c(N)ncnc43)[C@@H](O[C@H]1C)C2OP(=O)(O)OC[C@]12O[C@@H](n3cnc4c(=O)[nH]c(N)nc43)[C@@H](O[C@H]1C)C2OP(=O)(O)OC[C@H]1O[C@@H](n2cnc3c(=O)[nH]c(N)nc32)[C@@H](OCCOC)C1OP(O)(=S)OC[C@H]1O[C@@H](n2cnc3c(N)ncnc32)[C@@H](OCCOC)C1OP(O)(=S)OC[C@H]1O[C@@H](n2cc(C)c(=O)[nH]c2=O)[C@@H](OCCOC)C1O. The fourth-order valence-electron chi connectivity index (χ4n) is 16.1. The first-order valence-corrected chi connectivity index (χ1v) is 46.2. The number of phosphoric ester groups is 2. The summed E-state index contributed by atoms with van der Waals surface area (Å²) in [6, 6.07) is 0. The van der Waals surface area contributed by atoms with E-state index in [4.69, 9.17) is 144 Å². The van der Waals surface area contributed by atoms with Crippen LogP contribution >= 0.6 is 29.1 Å². The molecular formula is C64H86N22O32P4S2. The van der Waals surface area contributed by atoms with E-state index < -0.39 is 212 Å². The van der Waals surface area contributed by atoms with Crippen molar-refractivity contribution < 1.29 is 132 Å². The first kappa shape index (κ1) is 89.8. The van der Waals surface area contributed by atoms with Crippen LogP contribution in [0.15, 0.2) is 63.3 Å². The number of nitrogens with two attached hydrogens (primary N) is 4. The monoisotopic (exact) mass is 1860 g/mol. The fraction of sp³-hybridized carbons (Fsp3) is 0.625. The number of aliphatic hydroxyl groups is 1. The lowest BCUT2D eigenvalue weighted by Gasteiger charge is -2.37. The van der Waals surface area contributed by atoms with E-state index in [2.05, 4.69) is 64.8 Å². The van der Waals surface area contributed by atoms with E-state index in [0.717, 1.165) is 23.5 Å². The lowest BCUT2D eigenvalue weighted by atomic mass is 9.91. The van der Waals surface area contributed by atoms with Crippen molar-refractivity contribution in [2.24, 2.45) is 0 Å².